The lowest BCUT2D eigenvalue weighted by molar-refractivity contribution is 0.0301. The lowest BCUT2D eigenvalue weighted by Gasteiger charge is -2.20. The highest BCUT2D eigenvalue weighted by Crippen LogP contribution is 2.25. The Balaban J connectivity index is 0.00000392. The molecular formula is C19H33ClIN5O2. The van der Waals surface area contributed by atoms with Gasteiger partial charge in [-0.2, -0.15) is 0 Å². The molecule has 1 aliphatic heterocycles. The fourth-order valence-electron chi connectivity index (χ4n) is 2.88. The summed E-state index contributed by atoms with van der Waals surface area (Å²) in [7, 11) is 0. The third-order valence-corrected chi connectivity index (χ3v) is 4.43. The Bertz CT molecular complexity index is 605. The molecule has 2 heterocycles. The Labute approximate surface area is 190 Å². The molecule has 0 bridgehead atoms. The Hall–Kier alpha value is -0.840. The molecule has 28 heavy (non-hydrogen) atoms. The van der Waals surface area contributed by atoms with Gasteiger partial charge in [-0.3, -0.25) is 4.99 Å². The standard InChI is InChI=1S/C19H32ClN5O2.HI/c1-4-21-19(23-10-16(26)13-27-12-14(2)3)24-15-7-9-25(11-15)18-17(20)6-5-8-22-18;/h5-6,8,14-16,26H,4,7,9-13H2,1-3H3,(H2,21,23,24);1H. The molecule has 1 aliphatic rings. The van der Waals surface area contributed by atoms with Crippen molar-refractivity contribution >= 4 is 47.4 Å². The summed E-state index contributed by atoms with van der Waals surface area (Å²) in [5, 5.41) is 17.4. The van der Waals surface area contributed by atoms with E-state index in [1.807, 2.05) is 19.1 Å². The molecule has 0 spiro atoms. The molecule has 9 heteroatoms. The van der Waals surface area contributed by atoms with Gasteiger partial charge in [-0.15, -0.1) is 24.0 Å². The maximum atomic E-state index is 10.0. The fourth-order valence-corrected chi connectivity index (χ4v) is 3.12. The number of aromatic nitrogens is 1. The molecule has 0 saturated carbocycles. The first-order chi connectivity index (χ1) is 13.0. The van der Waals surface area contributed by atoms with Crippen LogP contribution in [0.25, 0.3) is 0 Å². The number of aliphatic imine (C=N–C) groups is 1. The molecule has 1 aromatic rings. The zero-order valence-corrected chi connectivity index (χ0v) is 20.0. The van der Waals surface area contributed by atoms with Gasteiger partial charge in [0.05, 0.1) is 24.3 Å². The van der Waals surface area contributed by atoms with E-state index >= 15 is 0 Å². The van der Waals surface area contributed by atoms with E-state index < -0.39 is 6.10 Å². The molecule has 1 aromatic heterocycles. The molecule has 160 valence electrons. The summed E-state index contributed by atoms with van der Waals surface area (Å²) < 4.78 is 5.47. The van der Waals surface area contributed by atoms with Gasteiger partial charge in [-0.25, -0.2) is 4.98 Å². The van der Waals surface area contributed by atoms with Crippen molar-refractivity contribution in [1.82, 2.24) is 15.6 Å². The number of rotatable bonds is 9. The van der Waals surface area contributed by atoms with Gasteiger partial charge < -0.3 is 25.4 Å². The highest BCUT2D eigenvalue weighted by Gasteiger charge is 2.25. The number of nitrogens with one attached hydrogen (secondary N) is 2. The number of aliphatic hydroxyl groups is 1. The molecule has 2 unspecified atom stereocenters. The second-order valence-electron chi connectivity index (χ2n) is 7.19. The predicted molar refractivity (Wildman–Crippen MR) is 126 cm³/mol. The molecule has 0 radical (unpaired) electrons. The monoisotopic (exact) mass is 525 g/mol. The molecule has 0 aromatic carbocycles. The lowest BCUT2D eigenvalue weighted by atomic mass is 10.2. The second-order valence-corrected chi connectivity index (χ2v) is 7.60. The summed E-state index contributed by atoms with van der Waals surface area (Å²) in [5.74, 6) is 1.99. The van der Waals surface area contributed by atoms with Gasteiger partial charge in [-0.05, 0) is 31.4 Å². The van der Waals surface area contributed by atoms with Gasteiger partial charge in [0.25, 0.3) is 0 Å². The number of anilines is 1. The van der Waals surface area contributed by atoms with Gasteiger partial charge in [0.1, 0.15) is 5.82 Å². The Morgan fingerprint density at radius 2 is 2.25 bits per heavy atom. The van der Waals surface area contributed by atoms with Crippen molar-refractivity contribution in [3.8, 4) is 0 Å². The summed E-state index contributed by atoms with van der Waals surface area (Å²) in [6, 6.07) is 3.94. The van der Waals surface area contributed by atoms with E-state index in [1.54, 1.807) is 6.20 Å². The molecule has 2 rings (SSSR count). The number of ether oxygens (including phenoxy) is 1. The molecule has 1 saturated heterocycles. The lowest BCUT2D eigenvalue weighted by Crippen LogP contribution is -2.45. The molecule has 1 fully saturated rings. The zero-order valence-electron chi connectivity index (χ0n) is 16.9. The Morgan fingerprint density at radius 3 is 2.93 bits per heavy atom. The van der Waals surface area contributed by atoms with Gasteiger partial charge in [-0.1, -0.05) is 25.4 Å². The van der Waals surface area contributed by atoms with Crippen LogP contribution in [0.15, 0.2) is 23.3 Å². The number of aliphatic hydroxyl groups excluding tert-OH is 1. The maximum absolute atomic E-state index is 10.0. The van der Waals surface area contributed by atoms with Crippen molar-refractivity contribution in [2.45, 2.75) is 39.3 Å². The molecule has 3 N–H and O–H groups in total. The van der Waals surface area contributed by atoms with Crippen molar-refractivity contribution < 1.29 is 9.84 Å². The molecule has 7 nitrogen and oxygen atoms in total. The Kier molecular flexibility index (Phi) is 12.1. The minimum absolute atomic E-state index is 0. The third-order valence-electron chi connectivity index (χ3n) is 4.13. The summed E-state index contributed by atoms with van der Waals surface area (Å²) in [6.07, 6.45) is 2.12. The number of pyridine rings is 1. The van der Waals surface area contributed by atoms with Crippen molar-refractivity contribution in [2.75, 3.05) is 44.3 Å². The topological polar surface area (TPSA) is 82.0 Å². The number of halogens is 2. The first kappa shape index (κ1) is 25.2. The maximum Gasteiger partial charge on any atom is 0.191 e. The van der Waals surface area contributed by atoms with Crippen molar-refractivity contribution in [1.29, 1.82) is 0 Å². The van der Waals surface area contributed by atoms with Crippen LogP contribution in [-0.2, 0) is 4.74 Å². The average molecular weight is 526 g/mol. The summed E-state index contributed by atoms with van der Waals surface area (Å²) >= 11 is 6.25. The van der Waals surface area contributed by atoms with E-state index in [0.29, 0.717) is 36.7 Å². The van der Waals surface area contributed by atoms with Crippen LogP contribution < -0.4 is 15.5 Å². The number of hydrogen-bond acceptors (Lipinski definition) is 5. The van der Waals surface area contributed by atoms with Crippen molar-refractivity contribution in [2.24, 2.45) is 10.9 Å². The first-order valence-corrected chi connectivity index (χ1v) is 10.0. The molecular weight excluding hydrogens is 493 g/mol. The minimum atomic E-state index is -0.605. The van der Waals surface area contributed by atoms with Crippen LogP contribution in [0.1, 0.15) is 27.2 Å². The van der Waals surface area contributed by atoms with Crippen LogP contribution >= 0.6 is 35.6 Å². The predicted octanol–water partition coefficient (Wildman–Crippen LogP) is 2.52. The van der Waals surface area contributed by atoms with Gasteiger partial charge >= 0.3 is 0 Å². The SMILES string of the molecule is CCNC(=NCC(O)COCC(C)C)NC1CCN(c2ncccc2Cl)C1.I. The summed E-state index contributed by atoms with van der Waals surface area (Å²) in [4.78, 5) is 11.1. The van der Waals surface area contributed by atoms with Crippen molar-refractivity contribution in [3.63, 3.8) is 0 Å². The van der Waals surface area contributed by atoms with E-state index in [1.165, 1.54) is 0 Å². The highest BCUT2D eigenvalue weighted by molar-refractivity contribution is 14.0. The van der Waals surface area contributed by atoms with Crippen LogP contribution in [0.3, 0.4) is 0 Å². The van der Waals surface area contributed by atoms with E-state index in [4.69, 9.17) is 16.3 Å². The van der Waals surface area contributed by atoms with Crippen LogP contribution in [0.5, 0.6) is 0 Å². The number of hydrogen-bond donors (Lipinski definition) is 3. The highest BCUT2D eigenvalue weighted by atomic mass is 127. The Morgan fingerprint density at radius 1 is 1.46 bits per heavy atom. The van der Waals surface area contributed by atoms with Gasteiger partial charge in [0.2, 0.25) is 0 Å². The van der Waals surface area contributed by atoms with Crippen LogP contribution in [0, 0.1) is 5.92 Å². The molecule has 0 amide bonds. The quantitative estimate of drug-likeness (QED) is 0.261. The minimum Gasteiger partial charge on any atom is -0.389 e. The van der Waals surface area contributed by atoms with Gasteiger partial charge in [0.15, 0.2) is 5.96 Å². The normalized spacial score (nSPS) is 18.1. The van der Waals surface area contributed by atoms with E-state index in [-0.39, 0.29) is 30.0 Å². The molecule has 0 aliphatic carbocycles. The zero-order chi connectivity index (χ0) is 19.6. The second kappa shape index (κ2) is 13.4. The van der Waals surface area contributed by atoms with E-state index in [0.717, 1.165) is 31.9 Å². The smallest absolute Gasteiger partial charge is 0.191 e. The van der Waals surface area contributed by atoms with E-state index in [2.05, 4.69) is 39.4 Å². The third kappa shape index (κ3) is 8.67. The van der Waals surface area contributed by atoms with Crippen LogP contribution in [-0.4, -0.2) is 67.6 Å². The summed E-state index contributed by atoms with van der Waals surface area (Å²) in [5.41, 5.74) is 0. The van der Waals surface area contributed by atoms with E-state index in [9.17, 15) is 5.11 Å². The van der Waals surface area contributed by atoms with Gasteiger partial charge in [0, 0.05) is 38.5 Å². The molecule has 2 atom stereocenters. The summed E-state index contributed by atoms with van der Waals surface area (Å²) in [6.45, 7) is 9.89. The fraction of sp³-hybridized carbons (Fsp3) is 0.684. The number of nitrogens with zero attached hydrogens (tertiary/aromatic N) is 3. The van der Waals surface area contributed by atoms with Crippen LogP contribution in [0.4, 0.5) is 5.82 Å². The van der Waals surface area contributed by atoms with Crippen LogP contribution in [0.2, 0.25) is 5.02 Å². The van der Waals surface area contributed by atoms with Crippen molar-refractivity contribution in [3.05, 3.63) is 23.4 Å². The average Bonchev–Trinajstić information content (AvgIpc) is 3.08. The largest absolute Gasteiger partial charge is 0.389 e. The first-order valence-electron chi connectivity index (χ1n) is 9.65. The number of guanidine groups is 1.